The largest absolute Gasteiger partial charge is 0.383 e. The Morgan fingerprint density at radius 3 is 2.29 bits per heavy atom. The Bertz CT molecular complexity index is 185. The van der Waals surface area contributed by atoms with Crippen LogP contribution >= 0.6 is 0 Å². The molecule has 0 aromatic carbocycles. The van der Waals surface area contributed by atoms with Crippen LogP contribution in [-0.4, -0.2) is 31.2 Å². The molecule has 0 bridgehead atoms. The molecule has 0 aromatic heterocycles. The molecule has 0 aliphatic rings. The molecular weight excluding hydrogens is 180 g/mol. The minimum Gasteiger partial charge on any atom is -0.383 e. The fourth-order valence-corrected chi connectivity index (χ4v) is 0.935. The molecule has 0 heterocycles. The summed E-state index contributed by atoms with van der Waals surface area (Å²) in [6.45, 7) is 7.96. The Morgan fingerprint density at radius 2 is 2.00 bits per heavy atom. The highest BCUT2D eigenvalue weighted by Crippen LogP contribution is 2.04. The van der Waals surface area contributed by atoms with Crippen LogP contribution in [0.5, 0.6) is 0 Å². The third kappa shape index (κ3) is 4.58. The van der Waals surface area contributed by atoms with Crippen molar-refractivity contribution in [2.45, 2.75) is 39.3 Å². The van der Waals surface area contributed by atoms with Gasteiger partial charge in [-0.2, -0.15) is 0 Å². The molecule has 0 spiro atoms. The van der Waals surface area contributed by atoms with Gasteiger partial charge in [0.05, 0.1) is 18.2 Å². The minimum absolute atomic E-state index is 0.0234. The first kappa shape index (κ1) is 13.4. The van der Waals surface area contributed by atoms with E-state index in [1.165, 1.54) is 0 Å². The molecular formula is C10H22N2O2. The average Bonchev–Trinajstić information content (AvgIpc) is 2.01. The zero-order valence-corrected chi connectivity index (χ0v) is 9.76. The van der Waals surface area contributed by atoms with Crippen LogP contribution in [0, 0.1) is 5.92 Å². The number of nitrogens with one attached hydrogen (secondary N) is 1. The zero-order valence-electron chi connectivity index (χ0n) is 9.76. The Balaban J connectivity index is 4.24. The van der Waals surface area contributed by atoms with E-state index < -0.39 is 5.54 Å². The first-order valence-electron chi connectivity index (χ1n) is 4.87. The lowest BCUT2D eigenvalue weighted by molar-refractivity contribution is -0.126. The monoisotopic (exact) mass is 202 g/mol. The number of carbonyl (C=O) groups excluding carboxylic acids is 1. The molecule has 0 aliphatic carbocycles. The highest BCUT2D eigenvalue weighted by Gasteiger charge is 2.25. The van der Waals surface area contributed by atoms with E-state index in [0.717, 1.165) is 0 Å². The molecule has 1 atom stereocenters. The quantitative estimate of drug-likeness (QED) is 0.682. The van der Waals surface area contributed by atoms with Gasteiger partial charge >= 0.3 is 0 Å². The van der Waals surface area contributed by atoms with Gasteiger partial charge in [-0.1, -0.05) is 13.8 Å². The van der Waals surface area contributed by atoms with Gasteiger partial charge in [-0.05, 0) is 19.8 Å². The van der Waals surface area contributed by atoms with Crippen molar-refractivity contribution in [3.05, 3.63) is 0 Å². The van der Waals surface area contributed by atoms with Crippen LogP contribution < -0.4 is 11.1 Å². The van der Waals surface area contributed by atoms with E-state index in [9.17, 15) is 4.79 Å². The summed E-state index contributed by atoms with van der Waals surface area (Å²) in [5.74, 6) is 0.189. The summed E-state index contributed by atoms with van der Waals surface area (Å²) >= 11 is 0. The Kier molecular flexibility index (Phi) is 5.08. The summed E-state index contributed by atoms with van der Waals surface area (Å²) in [5.41, 5.74) is 4.84. The van der Waals surface area contributed by atoms with Crippen LogP contribution in [0.1, 0.15) is 27.7 Å². The molecule has 0 aliphatic heterocycles. The SMILES string of the molecule is COCC(NC(=O)C(C)(C)N)C(C)C. The van der Waals surface area contributed by atoms with Gasteiger partial charge < -0.3 is 15.8 Å². The summed E-state index contributed by atoms with van der Waals surface area (Å²) in [7, 11) is 1.62. The Hall–Kier alpha value is -0.610. The number of ether oxygens (including phenoxy) is 1. The summed E-state index contributed by atoms with van der Waals surface area (Å²) < 4.78 is 5.02. The molecule has 14 heavy (non-hydrogen) atoms. The molecule has 0 rings (SSSR count). The van der Waals surface area contributed by atoms with E-state index in [2.05, 4.69) is 5.32 Å². The lowest BCUT2D eigenvalue weighted by atomic mass is 10.0. The van der Waals surface area contributed by atoms with Gasteiger partial charge in [-0.25, -0.2) is 0 Å². The van der Waals surface area contributed by atoms with E-state index >= 15 is 0 Å². The highest BCUT2D eigenvalue weighted by atomic mass is 16.5. The highest BCUT2D eigenvalue weighted by molar-refractivity contribution is 5.85. The van der Waals surface area contributed by atoms with Crippen molar-refractivity contribution in [3.63, 3.8) is 0 Å². The van der Waals surface area contributed by atoms with Gasteiger partial charge in [0.15, 0.2) is 0 Å². The van der Waals surface area contributed by atoms with Crippen molar-refractivity contribution >= 4 is 5.91 Å². The Morgan fingerprint density at radius 1 is 1.50 bits per heavy atom. The van der Waals surface area contributed by atoms with E-state index in [-0.39, 0.29) is 11.9 Å². The van der Waals surface area contributed by atoms with E-state index in [1.54, 1.807) is 21.0 Å². The van der Waals surface area contributed by atoms with Crippen LogP contribution in [0.3, 0.4) is 0 Å². The van der Waals surface area contributed by atoms with Crippen molar-refractivity contribution < 1.29 is 9.53 Å². The fraction of sp³-hybridized carbons (Fsp3) is 0.900. The van der Waals surface area contributed by atoms with Crippen molar-refractivity contribution in [1.29, 1.82) is 0 Å². The third-order valence-electron chi connectivity index (χ3n) is 2.05. The maximum atomic E-state index is 11.6. The summed E-state index contributed by atoms with van der Waals surface area (Å²) in [5, 5.41) is 2.87. The van der Waals surface area contributed by atoms with Gasteiger partial charge in [0.25, 0.3) is 0 Å². The number of methoxy groups -OCH3 is 1. The third-order valence-corrected chi connectivity index (χ3v) is 2.05. The minimum atomic E-state index is -0.832. The number of carbonyl (C=O) groups is 1. The van der Waals surface area contributed by atoms with Gasteiger partial charge in [-0.15, -0.1) is 0 Å². The molecule has 0 saturated carbocycles. The van der Waals surface area contributed by atoms with Crippen molar-refractivity contribution in [1.82, 2.24) is 5.32 Å². The molecule has 1 unspecified atom stereocenters. The number of hydrogen-bond donors (Lipinski definition) is 2. The van der Waals surface area contributed by atoms with Crippen molar-refractivity contribution in [3.8, 4) is 0 Å². The van der Waals surface area contributed by atoms with Gasteiger partial charge in [-0.3, -0.25) is 4.79 Å². The van der Waals surface area contributed by atoms with Gasteiger partial charge in [0.1, 0.15) is 0 Å². The van der Waals surface area contributed by atoms with Crippen LogP contribution in [-0.2, 0) is 9.53 Å². The predicted octanol–water partition coefficient (Wildman–Crippen LogP) is 0.511. The summed E-state index contributed by atoms with van der Waals surface area (Å²) in [4.78, 5) is 11.6. The molecule has 84 valence electrons. The standard InChI is InChI=1S/C10H22N2O2/c1-7(2)8(6-14-5)12-9(13)10(3,4)11/h7-8H,6,11H2,1-5H3,(H,12,13). The number of nitrogens with two attached hydrogens (primary N) is 1. The molecule has 4 nitrogen and oxygen atoms in total. The zero-order chi connectivity index (χ0) is 11.4. The maximum Gasteiger partial charge on any atom is 0.239 e. The van der Waals surface area contributed by atoms with E-state index in [1.807, 2.05) is 13.8 Å². The second-order valence-corrected chi connectivity index (χ2v) is 4.50. The predicted molar refractivity (Wildman–Crippen MR) is 56.9 cm³/mol. The molecule has 0 saturated heterocycles. The average molecular weight is 202 g/mol. The van der Waals surface area contributed by atoms with E-state index in [4.69, 9.17) is 10.5 Å². The molecule has 1 amide bonds. The van der Waals surface area contributed by atoms with Gasteiger partial charge in [0, 0.05) is 7.11 Å². The first-order chi connectivity index (χ1) is 6.29. The number of hydrogen-bond acceptors (Lipinski definition) is 3. The second kappa shape index (κ2) is 5.32. The number of rotatable bonds is 5. The van der Waals surface area contributed by atoms with E-state index in [0.29, 0.717) is 12.5 Å². The summed E-state index contributed by atoms with van der Waals surface area (Å²) in [6.07, 6.45) is 0. The Labute approximate surface area is 86.2 Å². The van der Waals surface area contributed by atoms with Crippen LogP contribution in [0.15, 0.2) is 0 Å². The molecule has 0 fully saturated rings. The van der Waals surface area contributed by atoms with Crippen LogP contribution in [0.4, 0.5) is 0 Å². The molecule has 4 heteroatoms. The smallest absolute Gasteiger partial charge is 0.239 e. The van der Waals surface area contributed by atoms with Crippen molar-refractivity contribution in [2.75, 3.05) is 13.7 Å². The van der Waals surface area contributed by atoms with Crippen molar-refractivity contribution in [2.24, 2.45) is 11.7 Å². The fourth-order valence-electron chi connectivity index (χ4n) is 0.935. The molecule has 3 N–H and O–H groups in total. The topological polar surface area (TPSA) is 64.3 Å². The van der Waals surface area contributed by atoms with Gasteiger partial charge in [0.2, 0.25) is 5.91 Å². The second-order valence-electron chi connectivity index (χ2n) is 4.50. The maximum absolute atomic E-state index is 11.6. The first-order valence-corrected chi connectivity index (χ1v) is 4.87. The lowest BCUT2D eigenvalue weighted by Gasteiger charge is -2.26. The number of amides is 1. The lowest BCUT2D eigenvalue weighted by Crippen LogP contribution is -2.54. The van der Waals surface area contributed by atoms with Crippen LogP contribution in [0.2, 0.25) is 0 Å². The normalized spacial score (nSPS) is 14.2. The van der Waals surface area contributed by atoms with Crippen LogP contribution in [0.25, 0.3) is 0 Å². The molecule has 0 aromatic rings. The molecule has 0 radical (unpaired) electrons. The summed E-state index contributed by atoms with van der Waals surface area (Å²) in [6, 6.07) is 0.0234.